The molecule has 3 aromatic carbocycles. The number of benzene rings is 3. The number of aryl methyl sites for hydroxylation is 1. The fraction of sp³-hybridized carbons (Fsp3) is 0.382. The number of nitrogens with one attached hydrogen (secondary N) is 2. The van der Waals surface area contributed by atoms with Gasteiger partial charge in [-0.2, -0.15) is 0 Å². The van der Waals surface area contributed by atoms with Crippen LogP contribution in [0.15, 0.2) is 66.7 Å². The second-order valence-electron chi connectivity index (χ2n) is 11.3. The first kappa shape index (κ1) is 32.6. The summed E-state index contributed by atoms with van der Waals surface area (Å²) in [5.74, 6) is -1.96. The quantitative estimate of drug-likeness (QED) is 0.217. The Balaban J connectivity index is 1.61. The van der Waals surface area contributed by atoms with Crippen LogP contribution in [0.2, 0.25) is 0 Å². The summed E-state index contributed by atoms with van der Waals surface area (Å²) >= 11 is 0. The number of rotatable bonds is 12. The van der Waals surface area contributed by atoms with Crippen molar-refractivity contribution in [3.8, 4) is 11.1 Å². The number of hydrogen-bond acceptors (Lipinski definition) is 6. The van der Waals surface area contributed by atoms with Crippen LogP contribution in [0.4, 0.5) is 9.18 Å². The molecule has 10 heteroatoms. The molecule has 4 N–H and O–H groups in total. The average molecular weight is 606 g/mol. The van der Waals surface area contributed by atoms with E-state index in [1.54, 1.807) is 41.3 Å². The second-order valence-corrected chi connectivity index (χ2v) is 11.3. The predicted molar refractivity (Wildman–Crippen MR) is 165 cm³/mol. The maximum Gasteiger partial charge on any atom is 0.406 e. The Bertz CT molecular complexity index is 1460. The predicted octanol–water partition coefficient (Wildman–Crippen LogP) is 4.85. The van der Waals surface area contributed by atoms with Crippen LogP contribution in [0.5, 0.6) is 0 Å². The van der Waals surface area contributed by atoms with Crippen molar-refractivity contribution < 1.29 is 33.7 Å². The van der Waals surface area contributed by atoms with Crippen LogP contribution in [0, 0.1) is 18.7 Å². The third-order valence-electron chi connectivity index (χ3n) is 8.17. The molecule has 0 bridgehead atoms. The number of piperidine rings is 1. The van der Waals surface area contributed by atoms with Gasteiger partial charge < -0.3 is 30.5 Å². The summed E-state index contributed by atoms with van der Waals surface area (Å²) in [6.45, 7) is 3.18. The number of methoxy groups -OCH3 is 1. The highest BCUT2D eigenvalue weighted by molar-refractivity contribution is 5.94. The molecule has 1 aliphatic rings. The van der Waals surface area contributed by atoms with Gasteiger partial charge in [-0.1, -0.05) is 54.1 Å². The van der Waals surface area contributed by atoms with Crippen LogP contribution >= 0.6 is 0 Å². The van der Waals surface area contributed by atoms with Crippen molar-refractivity contribution in [2.45, 2.75) is 44.8 Å². The summed E-state index contributed by atoms with van der Waals surface area (Å²) in [6, 6.07) is 19.2. The van der Waals surface area contributed by atoms with Crippen molar-refractivity contribution in [1.29, 1.82) is 0 Å². The SMILES string of the molecule is COC(=O)NCCC[C@@](O)(c1cccc(F)c1-c1cccc(C)c1)[C@@H]1CCCN(C(=O)c2ccc(CNCC(=O)O)cc2)C1. The highest BCUT2D eigenvalue weighted by Gasteiger charge is 2.43. The summed E-state index contributed by atoms with van der Waals surface area (Å²) in [4.78, 5) is 37.8. The molecule has 1 heterocycles. The Morgan fingerprint density at radius 2 is 1.84 bits per heavy atom. The Kier molecular flexibility index (Phi) is 11.1. The normalized spacial score (nSPS) is 16.2. The molecule has 44 heavy (non-hydrogen) atoms. The van der Waals surface area contributed by atoms with E-state index in [1.165, 1.54) is 13.2 Å². The Hall–Kier alpha value is -4.28. The molecule has 9 nitrogen and oxygen atoms in total. The van der Waals surface area contributed by atoms with Crippen LogP contribution in [-0.2, 0) is 21.7 Å². The molecular formula is C34H40FN3O6. The Labute approximate surface area is 257 Å². The van der Waals surface area contributed by atoms with Crippen molar-refractivity contribution in [2.75, 3.05) is 33.3 Å². The highest BCUT2D eigenvalue weighted by atomic mass is 19.1. The molecule has 0 saturated carbocycles. The zero-order chi connectivity index (χ0) is 31.7. The van der Waals surface area contributed by atoms with Gasteiger partial charge in [-0.3, -0.25) is 9.59 Å². The topological polar surface area (TPSA) is 128 Å². The smallest absolute Gasteiger partial charge is 0.406 e. The third-order valence-corrected chi connectivity index (χ3v) is 8.17. The number of alkyl carbamates (subject to hydrolysis) is 1. The molecule has 0 unspecified atom stereocenters. The minimum Gasteiger partial charge on any atom is -0.480 e. The van der Waals surface area contributed by atoms with Crippen molar-refractivity contribution in [1.82, 2.24) is 15.5 Å². The fourth-order valence-corrected chi connectivity index (χ4v) is 5.97. The lowest BCUT2D eigenvalue weighted by atomic mass is 9.72. The highest BCUT2D eigenvalue weighted by Crippen LogP contribution is 2.44. The second kappa shape index (κ2) is 14.9. The van der Waals surface area contributed by atoms with E-state index in [1.807, 2.05) is 31.2 Å². The van der Waals surface area contributed by atoms with E-state index in [0.717, 1.165) is 11.1 Å². The van der Waals surface area contributed by atoms with E-state index in [-0.39, 0.29) is 32.0 Å². The first-order valence-corrected chi connectivity index (χ1v) is 14.8. The number of nitrogens with zero attached hydrogens (tertiary/aromatic N) is 1. The van der Waals surface area contributed by atoms with Gasteiger partial charge in [0.25, 0.3) is 5.91 Å². The molecule has 3 aromatic rings. The van der Waals surface area contributed by atoms with Crippen LogP contribution in [0.25, 0.3) is 11.1 Å². The Morgan fingerprint density at radius 1 is 1.09 bits per heavy atom. The largest absolute Gasteiger partial charge is 0.480 e. The maximum absolute atomic E-state index is 15.6. The lowest BCUT2D eigenvalue weighted by Crippen LogP contribution is -2.48. The van der Waals surface area contributed by atoms with E-state index < -0.39 is 29.4 Å². The van der Waals surface area contributed by atoms with Gasteiger partial charge in [-0.25, -0.2) is 9.18 Å². The maximum atomic E-state index is 15.6. The number of carbonyl (C=O) groups is 3. The lowest BCUT2D eigenvalue weighted by Gasteiger charge is -2.43. The first-order chi connectivity index (χ1) is 21.1. The first-order valence-electron chi connectivity index (χ1n) is 14.8. The molecular weight excluding hydrogens is 565 g/mol. The summed E-state index contributed by atoms with van der Waals surface area (Å²) in [5.41, 5.74) is 2.24. The number of carboxylic acids is 1. The van der Waals surface area contributed by atoms with Crippen LogP contribution in [0.1, 0.15) is 52.7 Å². The molecule has 0 aromatic heterocycles. The minimum absolute atomic E-state index is 0.158. The number of amides is 2. The van der Waals surface area contributed by atoms with Crippen LogP contribution in [-0.4, -0.2) is 66.4 Å². The number of likely N-dealkylation sites (tertiary alicyclic amines) is 1. The van der Waals surface area contributed by atoms with E-state index in [0.29, 0.717) is 54.6 Å². The Morgan fingerprint density at radius 3 is 2.55 bits per heavy atom. The zero-order valence-electron chi connectivity index (χ0n) is 25.1. The van der Waals surface area contributed by atoms with Crippen LogP contribution in [0.3, 0.4) is 0 Å². The summed E-state index contributed by atoms with van der Waals surface area (Å²) in [6.07, 6.45) is 1.34. The van der Waals surface area contributed by atoms with Gasteiger partial charge >= 0.3 is 12.1 Å². The van der Waals surface area contributed by atoms with Gasteiger partial charge in [0, 0.05) is 43.2 Å². The minimum atomic E-state index is -1.50. The molecule has 1 fully saturated rings. The summed E-state index contributed by atoms with van der Waals surface area (Å²) in [5, 5.41) is 26.9. The number of aliphatic carboxylic acids is 1. The van der Waals surface area contributed by atoms with E-state index in [9.17, 15) is 19.5 Å². The molecule has 2 amide bonds. The van der Waals surface area contributed by atoms with E-state index in [2.05, 4.69) is 15.4 Å². The molecule has 0 aliphatic carbocycles. The molecule has 2 atom stereocenters. The third kappa shape index (κ3) is 8.00. The van der Waals surface area contributed by atoms with Crippen molar-refractivity contribution in [2.24, 2.45) is 5.92 Å². The number of ether oxygens (including phenoxy) is 1. The molecule has 4 rings (SSSR count). The summed E-state index contributed by atoms with van der Waals surface area (Å²) in [7, 11) is 1.28. The fourth-order valence-electron chi connectivity index (χ4n) is 5.97. The molecule has 1 aliphatic heterocycles. The summed E-state index contributed by atoms with van der Waals surface area (Å²) < 4.78 is 20.3. The number of aliphatic hydroxyl groups is 1. The number of carbonyl (C=O) groups excluding carboxylic acids is 2. The van der Waals surface area contributed by atoms with Crippen molar-refractivity contribution >= 4 is 18.0 Å². The molecule has 0 radical (unpaired) electrons. The average Bonchev–Trinajstić information content (AvgIpc) is 3.02. The van der Waals surface area contributed by atoms with Gasteiger partial charge in [0.2, 0.25) is 0 Å². The van der Waals surface area contributed by atoms with Gasteiger partial charge in [0.05, 0.1) is 19.3 Å². The monoisotopic (exact) mass is 605 g/mol. The molecule has 1 saturated heterocycles. The number of hydrogen-bond donors (Lipinski definition) is 4. The molecule has 234 valence electrons. The van der Waals surface area contributed by atoms with Crippen LogP contribution < -0.4 is 10.6 Å². The van der Waals surface area contributed by atoms with Gasteiger partial charge in [0.1, 0.15) is 5.82 Å². The van der Waals surface area contributed by atoms with E-state index >= 15 is 4.39 Å². The standard InChI is InChI=1S/C34H40FN3O6/c1-23-7-3-8-26(19-23)31-28(10-4-11-29(31)35)34(43,16-6-17-37-33(42)44-2)27-9-5-18-38(22-27)32(41)25-14-12-24(13-15-25)20-36-21-30(39)40/h3-4,7-8,10-15,19,27,36,43H,5-6,9,16-18,20-22H2,1-2H3,(H,37,42)(H,39,40)/t27-,34+/m1/s1. The lowest BCUT2D eigenvalue weighted by molar-refractivity contribution is -0.136. The van der Waals surface area contributed by atoms with Gasteiger partial charge in [0.15, 0.2) is 0 Å². The van der Waals surface area contributed by atoms with E-state index in [4.69, 9.17) is 5.11 Å². The number of carboxylic acid groups (broad SMARTS) is 1. The van der Waals surface area contributed by atoms with Crippen molar-refractivity contribution in [3.63, 3.8) is 0 Å². The number of halogens is 1. The van der Waals surface area contributed by atoms with Crippen molar-refractivity contribution in [3.05, 3.63) is 94.8 Å². The zero-order valence-corrected chi connectivity index (χ0v) is 25.1. The van der Waals surface area contributed by atoms with Gasteiger partial charge in [-0.05, 0) is 67.5 Å². The van der Waals surface area contributed by atoms with Gasteiger partial charge in [-0.15, -0.1) is 0 Å². The molecule has 0 spiro atoms.